The molecule has 1 aromatic heterocycles. The Balaban J connectivity index is 0.992. The smallest absolute Gasteiger partial charge is 0.136 e. The summed E-state index contributed by atoms with van der Waals surface area (Å²) in [5.41, 5.74) is 17.6. The van der Waals surface area contributed by atoms with Crippen LogP contribution in [0, 0.1) is 0 Å². The third-order valence-corrected chi connectivity index (χ3v) is 12.0. The summed E-state index contributed by atoms with van der Waals surface area (Å²) in [5.74, 6) is 0.0155. The van der Waals surface area contributed by atoms with E-state index in [1.54, 1.807) is 0 Å². The van der Waals surface area contributed by atoms with E-state index in [0.29, 0.717) is 0 Å². The maximum Gasteiger partial charge on any atom is 0.136 e. The molecule has 0 aliphatic heterocycles. The maximum atomic E-state index is 6.37. The van der Waals surface area contributed by atoms with Crippen LogP contribution in [0.2, 0.25) is 0 Å². The van der Waals surface area contributed by atoms with Crippen LogP contribution in [0.5, 0.6) is 0 Å². The van der Waals surface area contributed by atoms with Crippen LogP contribution in [-0.2, 0) is 0 Å². The Kier molecular flexibility index (Phi) is 8.98. The SMILES string of the molecule is c1ccc(-c2cccc(-c3ccc(C(c4ccc(-c5cccc(-c6ccccc6)c5)cc4)c4cccc(-c5ccc6oc7ccc8ccccc8c7c6c5)c4)cc3)c2)cc1. The second-order valence-electron chi connectivity index (χ2n) is 15.7. The van der Waals surface area contributed by atoms with Crippen molar-refractivity contribution >= 4 is 32.7 Å². The van der Waals surface area contributed by atoms with Crippen molar-refractivity contribution in [3.05, 3.63) is 253 Å². The lowest BCUT2D eigenvalue weighted by Gasteiger charge is -2.21. The molecule has 1 heterocycles. The van der Waals surface area contributed by atoms with E-state index in [1.807, 2.05) is 0 Å². The number of hydrogen-bond donors (Lipinski definition) is 0. The van der Waals surface area contributed by atoms with Crippen LogP contribution in [0.1, 0.15) is 22.6 Å². The molecule has 0 aliphatic rings. The lowest BCUT2D eigenvalue weighted by Crippen LogP contribution is -2.04. The number of rotatable bonds is 8. The van der Waals surface area contributed by atoms with Crippen LogP contribution in [0.25, 0.3) is 88.3 Å². The minimum atomic E-state index is 0.0155. The van der Waals surface area contributed by atoms with Gasteiger partial charge in [0.15, 0.2) is 0 Å². The van der Waals surface area contributed by atoms with Gasteiger partial charge in [-0.2, -0.15) is 0 Å². The highest BCUT2D eigenvalue weighted by Crippen LogP contribution is 2.40. The molecule has 1 heteroatoms. The summed E-state index contributed by atoms with van der Waals surface area (Å²) in [6, 6.07) is 85.8. The van der Waals surface area contributed by atoms with Gasteiger partial charge < -0.3 is 4.42 Å². The molecule has 60 heavy (non-hydrogen) atoms. The molecule has 0 saturated heterocycles. The predicted octanol–water partition coefficient (Wildman–Crippen LogP) is 16.3. The molecule has 0 bridgehead atoms. The quantitative estimate of drug-likeness (QED) is 0.140. The highest BCUT2D eigenvalue weighted by Gasteiger charge is 2.19. The Morgan fingerprint density at radius 3 is 1.27 bits per heavy atom. The van der Waals surface area contributed by atoms with E-state index in [9.17, 15) is 0 Å². The van der Waals surface area contributed by atoms with Crippen molar-refractivity contribution in [3.63, 3.8) is 0 Å². The monoisotopic (exact) mass is 764 g/mol. The molecule has 0 atom stereocenters. The minimum Gasteiger partial charge on any atom is -0.456 e. The summed E-state index contributed by atoms with van der Waals surface area (Å²) in [5, 5.41) is 4.74. The Bertz CT molecular complexity index is 3160. The molecule has 10 aromatic carbocycles. The van der Waals surface area contributed by atoms with E-state index in [-0.39, 0.29) is 5.92 Å². The zero-order valence-corrected chi connectivity index (χ0v) is 33.0. The summed E-state index contributed by atoms with van der Waals surface area (Å²) < 4.78 is 6.37. The summed E-state index contributed by atoms with van der Waals surface area (Å²) >= 11 is 0. The van der Waals surface area contributed by atoms with Gasteiger partial charge in [0.1, 0.15) is 11.2 Å². The molecule has 11 rings (SSSR count). The Labute approximate surface area is 350 Å². The summed E-state index contributed by atoms with van der Waals surface area (Å²) in [6.45, 7) is 0. The number of hydrogen-bond acceptors (Lipinski definition) is 1. The van der Waals surface area contributed by atoms with Gasteiger partial charge >= 0.3 is 0 Å². The summed E-state index contributed by atoms with van der Waals surface area (Å²) in [7, 11) is 0. The van der Waals surface area contributed by atoms with E-state index in [4.69, 9.17) is 4.42 Å². The van der Waals surface area contributed by atoms with Gasteiger partial charge in [-0.3, -0.25) is 0 Å². The summed E-state index contributed by atoms with van der Waals surface area (Å²) in [4.78, 5) is 0. The lowest BCUT2D eigenvalue weighted by atomic mass is 9.83. The predicted molar refractivity (Wildman–Crippen MR) is 252 cm³/mol. The fraction of sp³-hybridized carbons (Fsp3) is 0.0169. The maximum absolute atomic E-state index is 6.37. The van der Waals surface area contributed by atoms with Gasteiger partial charge in [-0.1, -0.05) is 206 Å². The summed E-state index contributed by atoms with van der Waals surface area (Å²) in [6.07, 6.45) is 0. The molecule has 0 amide bonds. The first-order valence-corrected chi connectivity index (χ1v) is 20.7. The van der Waals surface area contributed by atoms with Crippen LogP contribution in [0.15, 0.2) is 241 Å². The fourth-order valence-corrected chi connectivity index (χ4v) is 8.96. The Morgan fingerprint density at radius 2 is 0.683 bits per heavy atom. The van der Waals surface area contributed by atoms with Crippen molar-refractivity contribution in [3.8, 4) is 55.6 Å². The third-order valence-electron chi connectivity index (χ3n) is 12.0. The highest BCUT2D eigenvalue weighted by molar-refractivity contribution is 6.19. The van der Waals surface area contributed by atoms with E-state index < -0.39 is 0 Å². The Morgan fingerprint density at radius 1 is 0.250 bits per heavy atom. The minimum absolute atomic E-state index is 0.0155. The van der Waals surface area contributed by atoms with Crippen LogP contribution in [-0.4, -0.2) is 0 Å². The molecular weight excluding hydrogens is 725 g/mol. The van der Waals surface area contributed by atoms with E-state index in [0.717, 1.165) is 16.6 Å². The molecule has 0 spiro atoms. The Hall–Kier alpha value is -7.74. The van der Waals surface area contributed by atoms with Gasteiger partial charge in [0.25, 0.3) is 0 Å². The second-order valence-corrected chi connectivity index (χ2v) is 15.7. The van der Waals surface area contributed by atoms with Crippen molar-refractivity contribution in [1.82, 2.24) is 0 Å². The first-order chi connectivity index (χ1) is 29.7. The fourth-order valence-electron chi connectivity index (χ4n) is 8.96. The molecule has 0 N–H and O–H groups in total. The molecule has 1 nitrogen and oxygen atoms in total. The van der Waals surface area contributed by atoms with Crippen molar-refractivity contribution in [2.24, 2.45) is 0 Å². The average Bonchev–Trinajstić information content (AvgIpc) is 3.72. The van der Waals surface area contributed by atoms with Crippen molar-refractivity contribution in [2.75, 3.05) is 0 Å². The molecule has 0 aliphatic carbocycles. The molecular formula is C59H40O. The van der Waals surface area contributed by atoms with E-state index in [2.05, 4.69) is 237 Å². The second kappa shape index (κ2) is 15.2. The van der Waals surface area contributed by atoms with Crippen molar-refractivity contribution < 1.29 is 4.42 Å². The van der Waals surface area contributed by atoms with E-state index in [1.165, 1.54) is 88.5 Å². The molecule has 0 radical (unpaired) electrons. The van der Waals surface area contributed by atoms with Crippen LogP contribution < -0.4 is 0 Å². The topological polar surface area (TPSA) is 13.1 Å². The highest BCUT2D eigenvalue weighted by atomic mass is 16.3. The van der Waals surface area contributed by atoms with Gasteiger partial charge in [0.2, 0.25) is 0 Å². The van der Waals surface area contributed by atoms with Crippen molar-refractivity contribution in [2.45, 2.75) is 5.92 Å². The largest absolute Gasteiger partial charge is 0.456 e. The molecule has 11 aromatic rings. The van der Waals surface area contributed by atoms with E-state index >= 15 is 0 Å². The molecule has 0 unspecified atom stereocenters. The van der Waals surface area contributed by atoms with Crippen LogP contribution >= 0.6 is 0 Å². The lowest BCUT2D eigenvalue weighted by molar-refractivity contribution is 0.669. The average molecular weight is 765 g/mol. The first-order valence-electron chi connectivity index (χ1n) is 20.7. The zero-order chi connectivity index (χ0) is 39.8. The van der Waals surface area contributed by atoms with Gasteiger partial charge in [-0.05, 0) is 113 Å². The van der Waals surface area contributed by atoms with Gasteiger partial charge in [0.05, 0.1) is 0 Å². The molecule has 0 fully saturated rings. The third kappa shape index (κ3) is 6.67. The normalized spacial score (nSPS) is 11.5. The standard InChI is InChI=1S/C59H40O/c1-3-12-40(13-4-1)47-17-9-19-49(36-47)42-24-28-45(29-25-42)58(46-30-26-43(27-31-46)50-20-10-18-48(37-50)41-14-5-2-6-15-41)53-22-11-21-51(38-53)52-33-34-56-55(39-52)59-54-23-8-7-16-44(54)32-35-57(59)60-56/h1-39,58H. The number of fused-ring (bicyclic) bond motifs is 5. The number of benzene rings is 10. The van der Waals surface area contributed by atoms with Gasteiger partial charge in [-0.15, -0.1) is 0 Å². The molecule has 282 valence electrons. The van der Waals surface area contributed by atoms with Crippen molar-refractivity contribution in [1.29, 1.82) is 0 Å². The van der Waals surface area contributed by atoms with Crippen LogP contribution in [0.4, 0.5) is 0 Å². The van der Waals surface area contributed by atoms with Gasteiger partial charge in [0, 0.05) is 16.7 Å². The molecule has 0 saturated carbocycles. The number of furan rings is 1. The first kappa shape index (κ1) is 35.4. The van der Waals surface area contributed by atoms with Gasteiger partial charge in [-0.25, -0.2) is 0 Å². The van der Waals surface area contributed by atoms with Crippen LogP contribution in [0.3, 0.4) is 0 Å². The zero-order valence-electron chi connectivity index (χ0n) is 33.0.